The van der Waals surface area contributed by atoms with Crippen LogP contribution >= 0.6 is 11.3 Å². The van der Waals surface area contributed by atoms with Gasteiger partial charge in [0.2, 0.25) is 5.91 Å². The summed E-state index contributed by atoms with van der Waals surface area (Å²) in [5.41, 5.74) is 3.02. The van der Waals surface area contributed by atoms with Crippen LogP contribution in [0.2, 0.25) is 0 Å². The molecule has 0 aliphatic carbocycles. The van der Waals surface area contributed by atoms with Crippen LogP contribution in [0.1, 0.15) is 35.1 Å². The summed E-state index contributed by atoms with van der Waals surface area (Å²) < 4.78 is 0. The van der Waals surface area contributed by atoms with Crippen LogP contribution in [0, 0.1) is 0 Å². The van der Waals surface area contributed by atoms with Gasteiger partial charge in [0.05, 0.1) is 12.2 Å². The van der Waals surface area contributed by atoms with E-state index in [0.29, 0.717) is 23.9 Å². The molecule has 1 aliphatic rings. The molecule has 0 unspecified atom stereocenters. The van der Waals surface area contributed by atoms with Gasteiger partial charge in [0.1, 0.15) is 5.69 Å². The van der Waals surface area contributed by atoms with Crippen molar-refractivity contribution in [1.82, 2.24) is 15.3 Å². The number of nitrogens with zero attached hydrogens (tertiary/aromatic N) is 3. The lowest BCUT2D eigenvalue weighted by atomic mass is 10.1. The van der Waals surface area contributed by atoms with Crippen molar-refractivity contribution in [2.75, 3.05) is 29.9 Å². The fraction of sp³-hybridized carbons (Fsp3) is 0.273. The maximum absolute atomic E-state index is 12.8. The van der Waals surface area contributed by atoms with Crippen molar-refractivity contribution in [2.45, 2.75) is 19.8 Å². The highest BCUT2D eigenvalue weighted by atomic mass is 32.1. The summed E-state index contributed by atoms with van der Waals surface area (Å²) in [6.07, 6.45) is 1.59. The van der Waals surface area contributed by atoms with Crippen LogP contribution in [0.25, 0.3) is 11.3 Å². The van der Waals surface area contributed by atoms with E-state index in [0.717, 1.165) is 21.8 Å². The SMILES string of the molecule is CC(C)c1sc(NC(=O)c2cc(N3CCNC(=O)C3)ccn2)nc1-c1ccccc1. The van der Waals surface area contributed by atoms with Gasteiger partial charge in [-0.25, -0.2) is 4.98 Å². The molecule has 4 rings (SSSR count). The number of rotatable bonds is 5. The fourth-order valence-corrected chi connectivity index (χ4v) is 4.32. The quantitative estimate of drug-likeness (QED) is 0.658. The summed E-state index contributed by atoms with van der Waals surface area (Å²) in [6.45, 7) is 5.79. The van der Waals surface area contributed by atoms with Gasteiger partial charge >= 0.3 is 0 Å². The number of aromatic nitrogens is 2. The predicted octanol–water partition coefficient (Wildman–Crippen LogP) is 3.52. The molecule has 1 fully saturated rings. The fourth-order valence-electron chi connectivity index (χ4n) is 3.34. The van der Waals surface area contributed by atoms with Gasteiger partial charge in [0.25, 0.3) is 5.91 Å². The molecule has 3 heterocycles. The van der Waals surface area contributed by atoms with Gasteiger partial charge in [-0.15, -0.1) is 11.3 Å². The highest BCUT2D eigenvalue weighted by molar-refractivity contribution is 7.16. The Labute approximate surface area is 179 Å². The van der Waals surface area contributed by atoms with Crippen molar-refractivity contribution in [3.05, 3.63) is 59.2 Å². The second kappa shape index (κ2) is 8.62. The Morgan fingerprint density at radius 2 is 2.03 bits per heavy atom. The van der Waals surface area contributed by atoms with E-state index in [2.05, 4.69) is 34.4 Å². The van der Waals surface area contributed by atoms with E-state index < -0.39 is 0 Å². The number of hydrogen-bond donors (Lipinski definition) is 2. The molecule has 0 atom stereocenters. The molecular weight excluding hydrogens is 398 g/mol. The zero-order valence-electron chi connectivity index (χ0n) is 16.9. The van der Waals surface area contributed by atoms with Crippen molar-refractivity contribution in [3.63, 3.8) is 0 Å². The lowest BCUT2D eigenvalue weighted by Gasteiger charge is -2.28. The Kier molecular flexibility index (Phi) is 5.76. The lowest BCUT2D eigenvalue weighted by Crippen LogP contribution is -2.47. The molecule has 30 heavy (non-hydrogen) atoms. The van der Waals surface area contributed by atoms with Crippen LogP contribution in [0.15, 0.2) is 48.7 Å². The number of hydrogen-bond acceptors (Lipinski definition) is 6. The maximum atomic E-state index is 12.8. The highest BCUT2D eigenvalue weighted by Crippen LogP contribution is 2.36. The Balaban J connectivity index is 1.56. The van der Waals surface area contributed by atoms with E-state index in [4.69, 9.17) is 0 Å². The first-order valence-electron chi connectivity index (χ1n) is 9.86. The number of amides is 2. The van der Waals surface area contributed by atoms with Gasteiger partial charge in [-0.3, -0.25) is 19.9 Å². The first kappa shape index (κ1) is 20.0. The molecule has 1 aromatic carbocycles. The Morgan fingerprint density at radius 1 is 1.23 bits per heavy atom. The number of nitrogens with one attached hydrogen (secondary N) is 2. The summed E-state index contributed by atoms with van der Waals surface area (Å²) in [4.78, 5) is 36.4. The van der Waals surface area contributed by atoms with Crippen LogP contribution in [0.4, 0.5) is 10.8 Å². The average Bonchev–Trinajstić information content (AvgIpc) is 3.19. The van der Waals surface area contributed by atoms with Crippen LogP contribution in [0.5, 0.6) is 0 Å². The third-order valence-electron chi connectivity index (χ3n) is 4.83. The minimum atomic E-state index is -0.318. The topological polar surface area (TPSA) is 87.2 Å². The molecule has 0 spiro atoms. The number of anilines is 2. The number of pyridine rings is 1. The molecule has 8 heteroatoms. The summed E-state index contributed by atoms with van der Waals surface area (Å²) in [5, 5.41) is 6.24. The van der Waals surface area contributed by atoms with E-state index in [1.54, 1.807) is 12.3 Å². The number of benzene rings is 1. The monoisotopic (exact) mass is 421 g/mol. The average molecular weight is 422 g/mol. The highest BCUT2D eigenvalue weighted by Gasteiger charge is 2.20. The van der Waals surface area contributed by atoms with Crippen LogP contribution < -0.4 is 15.5 Å². The molecular formula is C22H23N5O2S. The van der Waals surface area contributed by atoms with Gasteiger partial charge in [0, 0.05) is 35.4 Å². The Bertz CT molecular complexity index is 1060. The first-order valence-corrected chi connectivity index (χ1v) is 10.7. The van der Waals surface area contributed by atoms with Crippen LogP contribution in [-0.2, 0) is 4.79 Å². The zero-order valence-corrected chi connectivity index (χ0v) is 17.7. The molecule has 1 saturated heterocycles. The molecule has 0 bridgehead atoms. The molecule has 7 nitrogen and oxygen atoms in total. The smallest absolute Gasteiger partial charge is 0.276 e. The zero-order chi connectivity index (χ0) is 21.1. The van der Waals surface area contributed by atoms with Crippen molar-refractivity contribution in [3.8, 4) is 11.3 Å². The largest absolute Gasteiger partial charge is 0.360 e. The normalized spacial score (nSPS) is 14.0. The van der Waals surface area contributed by atoms with Gasteiger partial charge in [-0.2, -0.15) is 0 Å². The molecule has 1 aliphatic heterocycles. The molecule has 2 amide bonds. The van der Waals surface area contributed by atoms with Gasteiger partial charge in [0.15, 0.2) is 5.13 Å². The third-order valence-corrected chi connectivity index (χ3v) is 6.10. The molecule has 154 valence electrons. The lowest BCUT2D eigenvalue weighted by molar-refractivity contribution is -0.120. The predicted molar refractivity (Wildman–Crippen MR) is 119 cm³/mol. The maximum Gasteiger partial charge on any atom is 0.276 e. The van der Waals surface area contributed by atoms with Gasteiger partial charge in [-0.1, -0.05) is 44.2 Å². The number of carbonyl (C=O) groups is 2. The van der Waals surface area contributed by atoms with E-state index >= 15 is 0 Å². The van der Waals surface area contributed by atoms with Crippen LogP contribution in [-0.4, -0.2) is 41.4 Å². The van der Waals surface area contributed by atoms with Gasteiger partial charge < -0.3 is 10.2 Å². The van der Waals surface area contributed by atoms with Crippen molar-refractivity contribution in [1.29, 1.82) is 0 Å². The van der Waals surface area contributed by atoms with E-state index in [1.165, 1.54) is 11.3 Å². The summed E-state index contributed by atoms with van der Waals surface area (Å²) >= 11 is 1.48. The second-order valence-electron chi connectivity index (χ2n) is 7.38. The van der Waals surface area contributed by atoms with Crippen molar-refractivity contribution < 1.29 is 9.59 Å². The molecule has 3 aromatic rings. The number of piperazine rings is 1. The third kappa shape index (κ3) is 4.33. The number of thiazole rings is 1. The van der Waals surface area contributed by atoms with E-state index in [9.17, 15) is 9.59 Å². The Morgan fingerprint density at radius 3 is 2.77 bits per heavy atom. The summed E-state index contributed by atoms with van der Waals surface area (Å²) in [6, 6.07) is 13.5. The van der Waals surface area contributed by atoms with Gasteiger partial charge in [-0.05, 0) is 18.1 Å². The second-order valence-corrected chi connectivity index (χ2v) is 8.41. The minimum absolute atomic E-state index is 0.0264. The number of carbonyl (C=O) groups excluding carboxylic acids is 2. The summed E-state index contributed by atoms with van der Waals surface area (Å²) in [5.74, 6) is -0.0569. The van der Waals surface area contributed by atoms with E-state index in [1.807, 2.05) is 41.3 Å². The summed E-state index contributed by atoms with van der Waals surface area (Å²) in [7, 11) is 0. The molecule has 0 radical (unpaired) electrons. The van der Waals surface area contributed by atoms with Crippen molar-refractivity contribution in [2.24, 2.45) is 0 Å². The van der Waals surface area contributed by atoms with Crippen LogP contribution in [0.3, 0.4) is 0 Å². The molecule has 2 aromatic heterocycles. The first-order chi connectivity index (χ1) is 14.5. The van der Waals surface area contributed by atoms with Crippen molar-refractivity contribution >= 4 is 34.0 Å². The van der Waals surface area contributed by atoms with E-state index in [-0.39, 0.29) is 24.3 Å². The minimum Gasteiger partial charge on any atom is -0.360 e. The molecule has 2 N–H and O–H groups in total. The Hall–Kier alpha value is -3.26. The molecule has 0 saturated carbocycles. The standard InChI is InChI=1S/C22H23N5O2S/c1-14(2)20-19(15-6-4-3-5-7-15)25-22(30-20)26-21(29)17-12-16(8-9-23-17)27-11-10-24-18(28)13-27/h3-9,12,14H,10-11,13H2,1-2H3,(H,24,28)(H,25,26,29).